The Morgan fingerprint density at radius 2 is 2.22 bits per heavy atom. The van der Waals surface area contributed by atoms with Crippen LogP contribution in [0, 0.1) is 19.3 Å². The minimum atomic E-state index is -0.203. The van der Waals surface area contributed by atoms with Gasteiger partial charge < -0.3 is 4.85 Å². The number of benzene rings is 1. The molecule has 3 rings (SSSR count). The number of Topliss-reactive ketones (excluding diaryl/α,β-unsaturated/α-hetero) is 1. The molecule has 0 radical (unpaired) electrons. The monoisotopic (exact) mass is 306 g/mol. The highest BCUT2D eigenvalue weighted by Crippen LogP contribution is 2.29. The second kappa shape index (κ2) is 6.13. The normalized spacial score (nSPS) is 12.5. The van der Waals surface area contributed by atoms with E-state index >= 15 is 0 Å². The van der Waals surface area contributed by atoms with Crippen LogP contribution < -0.4 is 0 Å². The van der Waals surface area contributed by atoms with Crippen LogP contribution in [0.3, 0.4) is 0 Å². The molecule has 114 valence electrons. The smallest absolute Gasteiger partial charge is 0.276 e. The third-order valence-corrected chi connectivity index (χ3v) is 4.01. The average Bonchev–Trinajstić information content (AvgIpc) is 2.93. The zero-order valence-corrected chi connectivity index (χ0v) is 12.8. The van der Waals surface area contributed by atoms with Gasteiger partial charge in [0.15, 0.2) is 0 Å². The molecular weight excluding hydrogens is 291 g/mol. The Morgan fingerprint density at radius 1 is 1.39 bits per heavy atom. The number of pyridine rings is 1. The van der Waals surface area contributed by atoms with Gasteiger partial charge in [-0.15, -0.1) is 0 Å². The topological polar surface area (TPSA) is 34.3 Å². The second-order valence-corrected chi connectivity index (χ2v) is 5.70. The molecule has 0 aliphatic heterocycles. The lowest BCUT2D eigenvalue weighted by atomic mass is 9.98. The summed E-state index contributed by atoms with van der Waals surface area (Å²) in [6, 6.07) is 6.80. The first kappa shape index (κ1) is 15.1. The lowest BCUT2D eigenvalue weighted by Crippen LogP contribution is -2.07. The van der Waals surface area contributed by atoms with E-state index < -0.39 is 0 Å². The Hall–Kier alpha value is -2.80. The largest absolute Gasteiger partial charge is 0.308 e. The third-order valence-electron chi connectivity index (χ3n) is 4.01. The van der Waals surface area contributed by atoms with Crippen LogP contribution in [0.25, 0.3) is 10.9 Å². The predicted molar refractivity (Wildman–Crippen MR) is 86.6 cm³/mol. The number of halogens is 1. The first-order valence-electron chi connectivity index (χ1n) is 7.37. The minimum absolute atomic E-state index is 0.136. The van der Waals surface area contributed by atoms with Gasteiger partial charge >= 0.3 is 0 Å². The lowest BCUT2D eigenvalue weighted by molar-refractivity contribution is 0.101. The highest BCUT2D eigenvalue weighted by atomic mass is 19.1. The molecule has 23 heavy (non-hydrogen) atoms. The lowest BCUT2D eigenvalue weighted by Gasteiger charge is -2.06. The molecule has 0 saturated heterocycles. The number of fused-ring (bicyclic) bond motifs is 1. The zero-order valence-electron chi connectivity index (χ0n) is 12.8. The van der Waals surface area contributed by atoms with Gasteiger partial charge in [-0.1, -0.05) is 17.7 Å². The summed E-state index contributed by atoms with van der Waals surface area (Å²) < 4.78 is 13.4. The van der Waals surface area contributed by atoms with Crippen LogP contribution >= 0.6 is 0 Å². The highest BCUT2D eigenvalue weighted by Gasteiger charge is 2.22. The maximum Gasteiger partial charge on any atom is 0.276 e. The molecule has 1 aliphatic carbocycles. The molecule has 0 unspecified atom stereocenters. The van der Waals surface area contributed by atoms with Gasteiger partial charge in [0.05, 0.1) is 5.69 Å². The van der Waals surface area contributed by atoms with Gasteiger partial charge in [-0.25, -0.2) is 11.0 Å². The number of aryl methyl sites for hydroxylation is 1. The third kappa shape index (κ3) is 3.04. The molecule has 0 fully saturated rings. The molecule has 1 aliphatic rings. The Bertz CT molecular complexity index is 862. The maximum atomic E-state index is 13.4. The van der Waals surface area contributed by atoms with Crippen LogP contribution in [-0.4, -0.2) is 17.3 Å². The molecule has 0 atom stereocenters. The van der Waals surface area contributed by atoms with Gasteiger partial charge in [-0.05, 0) is 54.7 Å². The van der Waals surface area contributed by atoms with Crippen molar-refractivity contribution in [1.82, 2.24) is 4.98 Å². The molecule has 0 spiro atoms. The van der Waals surface area contributed by atoms with E-state index in [9.17, 15) is 9.18 Å². The van der Waals surface area contributed by atoms with E-state index in [1.54, 1.807) is 25.3 Å². The van der Waals surface area contributed by atoms with Crippen molar-refractivity contribution in [2.45, 2.75) is 19.8 Å². The predicted octanol–water partition coefficient (Wildman–Crippen LogP) is 3.81. The van der Waals surface area contributed by atoms with E-state index in [0.717, 1.165) is 22.4 Å². The quantitative estimate of drug-likeness (QED) is 0.636. The summed E-state index contributed by atoms with van der Waals surface area (Å²) in [4.78, 5) is 19.5. The molecule has 0 amide bonds. The Morgan fingerprint density at radius 3 is 2.96 bits per heavy atom. The molecule has 3 nitrogen and oxygen atoms in total. The summed E-state index contributed by atoms with van der Waals surface area (Å²) in [7, 11) is 0. The van der Waals surface area contributed by atoms with Gasteiger partial charge in [0, 0.05) is 11.8 Å². The standard InChI is InChI=1S/C19H15FN2O/c1-12-7-13(3-4-17(12)20)8-14-9-16-15(19(23)11-21-2)5-6-22-18(16)10-14/h3-7,10H,8-9,11H2,1H3. The molecule has 0 N–H and O–H groups in total. The number of allylic oxidation sites excluding steroid dienone is 1. The van der Waals surface area contributed by atoms with Gasteiger partial charge in [-0.3, -0.25) is 9.78 Å². The van der Waals surface area contributed by atoms with E-state index in [2.05, 4.69) is 9.83 Å². The van der Waals surface area contributed by atoms with E-state index in [1.807, 2.05) is 12.1 Å². The summed E-state index contributed by atoms with van der Waals surface area (Å²) >= 11 is 0. The van der Waals surface area contributed by atoms with Gasteiger partial charge in [0.25, 0.3) is 6.54 Å². The molecule has 2 aromatic rings. The SMILES string of the molecule is [C-]#[N+]CC(=O)c1ccnc2c1CC(Cc1ccc(F)c(C)c1)=C2. The first-order chi connectivity index (χ1) is 11.1. The number of nitrogens with zero attached hydrogens (tertiary/aromatic N) is 2. The van der Waals surface area contributed by atoms with Crippen LogP contribution in [0.4, 0.5) is 4.39 Å². The van der Waals surface area contributed by atoms with Crippen LogP contribution in [0.15, 0.2) is 36.0 Å². The average molecular weight is 306 g/mol. The summed E-state index contributed by atoms with van der Waals surface area (Å²) in [6.45, 7) is 8.46. The van der Waals surface area contributed by atoms with Crippen molar-refractivity contribution in [2.24, 2.45) is 0 Å². The van der Waals surface area contributed by atoms with Crippen molar-refractivity contribution in [3.8, 4) is 0 Å². The van der Waals surface area contributed by atoms with Crippen LogP contribution in [0.1, 0.15) is 32.7 Å². The van der Waals surface area contributed by atoms with Crippen LogP contribution in [-0.2, 0) is 12.8 Å². The number of hydrogen-bond donors (Lipinski definition) is 0. The Balaban J connectivity index is 1.83. The molecule has 1 aromatic carbocycles. The van der Waals surface area contributed by atoms with Gasteiger partial charge in [0.2, 0.25) is 5.78 Å². The van der Waals surface area contributed by atoms with E-state index in [-0.39, 0.29) is 18.1 Å². The molecular formula is C19H15FN2O. The molecule has 1 heterocycles. The summed E-state index contributed by atoms with van der Waals surface area (Å²) in [5, 5.41) is 0. The van der Waals surface area contributed by atoms with E-state index in [0.29, 0.717) is 24.0 Å². The number of hydrogen-bond acceptors (Lipinski definition) is 2. The number of carbonyl (C=O) groups is 1. The Kier molecular flexibility index (Phi) is 4.03. The fourth-order valence-corrected chi connectivity index (χ4v) is 2.90. The second-order valence-electron chi connectivity index (χ2n) is 5.70. The van der Waals surface area contributed by atoms with E-state index in [4.69, 9.17) is 6.57 Å². The summed E-state index contributed by atoms with van der Waals surface area (Å²) in [6.07, 6.45) is 4.95. The molecule has 4 heteroatoms. The van der Waals surface area contributed by atoms with Crippen molar-refractivity contribution >= 4 is 11.9 Å². The maximum absolute atomic E-state index is 13.4. The highest BCUT2D eigenvalue weighted by molar-refractivity contribution is 6.00. The van der Waals surface area contributed by atoms with Crippen molar-refractivity contribution in [1.29, 1.82) is 0 Å². The fourth-order valence-electron chi connectivity index (χ4n) is 2.90. The first-order valence-corrected chi connectivity index (χ1v) is 7.37. The Labute approximate surface area is 134 Å². The molecule has 0 saturated carbocycles. The van der Waals surface area contributed by atoms with Gasteiger partial charge in [-0.2, -0.15) is 0 Å². The van der Waals surface area contributed by atoms with E-state index in [1.165, 1.54) is 6.07 Å². The number of carbonyl (C=O) groups excluding carboxylic acids is 1. The zero-order chi connectivity index (χ0) is 16.4. The van der Waals surface area contributed by atoms with Gasteiger partial charge in [0.1, 0.15) is 5.82 Å². The number of aromatic nitrogens is 1. The minimum Gasteiger partial charge on any atom is -0.308 e. The summed E-state index contributed by atoms with van der Waals surface area (Å²) in [5.74, 6) is -0.364. The van der Waals surface area contributed by atoms with Crippen molar-refractivity contribution in [3.05, 3.63) is 81.2 Å². The van der Waals surface area contributed by atoms with Crippen molar-refractivity contribution in [3.63, 3.8) is 0 Å². The number of rotatable bonds is 4. The molecule has 1 aromatic heterocycles. The van der Waals surface area contributed by atoms with Crippen molar-refractivity contribution < 1.29 is 9.18 Å². The van der Waals surface area contributed by atoms with Crippen LogP contribution in [0.5, 0.6) is 0 Å². The molecule has 0 bridgehead atoms. The number of ketones is 1. The van der Waals surface area contributed by atoms with Crippen LogP contribution in [0.2, 0.25) is 0 Å². The fraction of sp³-hybridized carbons (Fsp3) is 0.211. The van der Waals surface area contributed by atoms with Crippen molar-refractivity contribution in [2.75, 3.05) is 6.54 Å². The summed E-state index contributed by atoms with van der Waals surface area (Å²) in [5.41, 5.74) is 5.10.